The Kier molecular flexibility index (Phi) is 11.6. The first-order valence-electron chi connectivity index (χ1n) is 12.9. The van der Waals surface area contributed by atoms with Crippen molar-refractivity contribution in [2.75, 3.05) is 20.3 Å². The van der Waals surface area contributed by atoms with E-state index in [-0.39, 0.29) is 13.0 Å². The fourth-order valence-corrected chi connectivity index (χ4v) is 4.48. The smallest absolute Gasteiger partial charge is 0.445 e. The molecule has 0 aliphatic carbocycles. The van der Waals surface area contributed by atoms with Gasteiger partial charge in [0.05, 0.1) is 5.94 Å². The number of carbonyl (C=O) groups is 3. The zero-order valence-electron chi connectivity index (χ0n) is 21.6. The molecule has 1 saturated heterocycles. The lowest BCUT2D eigenvalue weighted by Crippen LogP contribution is -2.56. The number of ether oxygens (including phenoxy) is 2. The van der Waals surface area contributed by atoms with Crippen molar-refractivity contribution >= 4 is 25.0 Å². The molecule has 0 bridgehead atoms. The van der Waals surface area contributed by atoms with Crippen LogP contribution in [-0.2, 0) is 32.1 Å². The molecule has 4 N–H and O–H groups in total. The molecule has 0 radical (unpaired) electrons. The molecule has 3 amide bonds. The highest BCUT2D eigenvalue weighted by Crippen LogP contribution is 2.20. The molecule has 0 aromatic heterocycles. The highest BCUT2D eigenvalue weighted by atomic mass is 16.5. The van der Waals surface area contributed by atoms with Crippen molar-refractivity contribution in [3.05, 3.63) is 71.8 Å². The molecule has 3 rings (SSSR count). The van der Waals surface area contributed by atoms with Crippen molar-refractivity contribution in [3.8, 4) is 0 Å². The fourth-order valence-electron chi connectivity index (χ4n) is 4.48. The molecule has 204 valence electrons. The summed E-state index contributed by atoms with van der Waals surface area (Å²) in [5, 5.41) is 24.8. The Balaban J connectivity index is 1.69. The van der Waals surface area contributed by atoms with Gasteiger partial charge in [0.15, 0.2) is 0 Å². The number of hydrogen-bond acceptors (Lipinski definition) is 7. The minimum Gasteiger partial charge on any atom is -0.445 e. The Bertz CT molecular complexity index is 1030. The van der Waals surface area contributed by atoms with E-state index in [0.717, 1.165) is 11.1 Å². The van der Waals surface area contributed by atoms with E-state index in [9.17, 15) is 24.4 Å². The summed E-state index contributed by atoms with van der Waals surface area (Å²) in [6.07, 6.45) is 1.37. The van der Waals surface area contributed by atoms with Gasteiger partial charge >= 0.3 is 13.2 Å². The minimum absolute atomic E-state index is 0.0572. The monoisotopic (exact) mass is 525 g/mol. The van der Waals surface area contributed by atoms with Crippen LogP contribution in [0.15, 0.2) is 60.7 Å². The lowest BCUT2D eigenvalue weighted by Gasteiger charge is -2.30. The number of hydrogen-bond donors (Lipinski definition) is 4. The molecular formula is C27H36BN3O7. The van der Waals surface area contributed by atoms with Gasteiger partial charge in [-0.3, -0.25) is 9.59 Å². The van der Waals surface area contributed by atoms with E-state index in [2.05, 4.69) is 10.6 Å². The molecular weight excluding hydrogens is 489 g/mol. The summed E-state index contributed by atoms with van der Waals surface area (Å²) in [7, 11) is -0.198. The second kappa shape index (κ2) is 15.1. The molecule has 2 unspecified atom stereocenters. The Morgan fingerprint density at radius 1 is 1.03 bits per heavy atom. The van der Waals surface area contributed by atoms with Gasteiger partial charge in [0, 0.05) is 26.7 Å². The van der Waals surface area contributed by atoms with E-state index in [0.29, 0.717) is 38.8 Å². The zero-order chi connectivity index (χ0) is 27.3. The highest BCUT2D eigenvalue weighted by molar-refractivity contribution is 6.43. The van der Waals surface area contributed by atoms with Crippen LogP contribution in [0.4, 0.5) is 4.79 Å². The number of alkyl carbamates (subject to hydrolysis) is 1. The van der Waals surface area contributed by atoms with E-state index in [1.807, 2.05) is 60.7 Å². The van der Waals surface area contributed by atoms with Crippen LogP contribution in [-0.4, -0.2) is 78.3 Å². The van der Waals surface area contributed by atoms with E-state index >= 15 is 0 Å². The van der Waals surface area contributed by atoms with Gasteiger partial charge in [0.25, 0.3) is 0 Å². The van der Waals surface area contributed by atoms with Gasteiger partial charge in [-0.25, -0.2) is 4.79 Å². The molecule has 2 aromatic rings. The summed E-state index contributed by atoms with van der Waals surface area (Å²) in [5.41, 5.74) is 1.66. The Morgan fingerprint density at radius 2 is 1.68 bits per heavy atom. The van der Waals surface area contributed by atoms with Crippen molar-refractivity contribution in [2.24, 2.45) is 0 Å². The third-order valence-corrected chi connectivity index (χ3v) is 6.48. The standard InChI is InChI=1S/C27H36BN3O7/c1-37-17-9-15-24(28(35)36)30-25(32)23-14-8-16-31(23)26(33)22(18-20-10-4-2-5-11-20)29-27(34)38-19-21-12-6-3-7-13-21/h2-7,10-13,22-24,35-36H,8-9,14-19H2,1H3,(H,29,34)(H,30,32)/t22-,23?,24?/m1/s1. The van der Waals surface area contributed by atoms with Crippen molar-refractivity contribution in [1.82, 2.24) is 15.5 Å². The average molecular weight is 525 g/mol. The summed E-state index contributed by atoms with van der Waals surface area (Å²) < 4.78 is 10.3. The summed E-state index contributed by atoms with van der Waals surface area (Å²) >= 11 is 0. The van der Waals surface area contributed by atoms with Crippen LogP contribution in [0.3, 0.4) is 0 Å². The van der Waals surface area contributed by atoms with Crippen molar-refractivity contribution in [1.29, 1.82) is 0 Å². The first kappa shape index (κ1) is 29.2. The predicted molar refractivity (Wildman–Crippen MR) is 142 cm³/mol. The molecule has 38 heavy (non-hydrogen) atoms. The molecule has 0 saturated carbocycles. The summed E-state index contributed by atoms with van der Waals surface area (Å²) in [5.74, 6) is -1.75. The molecule has 3 atom stereocenters. The molecule has 11 heteroatoms. The predicted octanol–water partition coefficient (Wildman–Crippen LogP) is 1.44. The SMILES string of the molecule is COCCCC(NC(=O)C1CCCN1C(=O)[C@@H](Cc1ccccc1)NC(=O)OCc1ccccc1)B(O)O. The highest BCUT2D eigenvalue weighted by Gasteiger charge is 2.39. The summed E-state index contributed by atoms with van der Waals surface area (Å²) in [6.45, 7) is 0.820. The molecule has 2 aromatic carbocycles. The number of benzene rings is 2. The van der Waals surface area contributed by atoms with Crippen molar-refractivity contribution in [3.63, 3.8) is 0 Å². The second-order valence-electron chi connectivity index (χ2n) is 9.30. The lowest BCUT2D eigenvalue weighted by atomic mass is 9.76. The largest absolute Gasteiger partial charge is 0.475 e. The van der Waals surface area contributed by atoms with Crippen LogP contribution in [0.1, 0.15) is 36.8 Å². The third kappa shape index (κ3) is 8.86. The number of nitrogens with zero attached hydrogens (tertiary/aromatic N) is 1. The minimum atomic E-state index is -1.74. The molecule has 1 fully saturated rings. The first-order valence-corrected chi connectivity index (χ1v) is 12.9. The molecule has 10 nitrogen and oxygen atoms in total. The normalized spacial score (nSPS) is 16.4. The van der Waals surface area contributed by atoms with Gasteiger partial charge in [-0.05, 0) is 36.8 Å². The molecule has 1 aliphatic heterocycles. The molecule has 1 aliphatic rings. The third-order valence-electron chi connectivity index (χ3n) is 6.48. The van der Waals surface area contributed by atoms with Crippen molar-refractivity contribution < 1.29 is 33.9 Å². The van der Waals surface area contributed by atoms with Crippen LogP contribution in [0.25, 0.3) is 0 Å². The van der Waals surface area contributed by atoms with E-state index in [4.69, 9.17) is 9.47 Å². The number of carbonyl (C=O) groups excluding carboxylic acids is 3. The summed E-state index contributed by atoms with van der Waals surface area (Å²) in [4.78, 5) is 40.9. The van der Waals surface area contributed by atoms with Gasteiger partial charge in [-0.15, -0.1) is 0 Å². The van der Waals surface area contributed by atoms with Crippen LogP contribution in [0.5, 0.6) is 0 Å². The van der Waals surface area contributed by atoms with Crippen LogP contribution < -0.4 is 10.6 Å². The van der Waals surface area contributed by atoms with E-state index < -0.39 is 43.1 Å². The maximum atomic E-state index is 13.7. The first-order chi connectivity index (χ1) is 18.4. The summed E-state index contributed by atoms with van der Waals surface area (Å²) in [6, 6.07) is 16.8. The maximum Gasteiger partial charge on any atom is 0.475 e. The van der Waals surface area contributed by atoms with E-state index in [1.165, 1.54) is 4.90 Å². The Hall–Kier alpha value is -3.41. The molecule has 1 heterocycles. The van der Waals surface area contributed by atoms with Gasteiger partial charge in [0.2, 0.25) is 11.8 Å². The van der Waals surface area contributed by atoms with Crippen LogP contribution in [0.2, 0.25) is 0 Å². The van der Waals surface area contributed by atoms with Crippen LogP contribution in [0, 0.1) is 0 Å². The Morgan fingerprint density at radius 3 is 2.32 bits per heavy atom. The fraction of sp³-hybridized carbons (Fsp3) is 0.444. The second-order valence-corrected chi connectivity index (χ2v) is 9.30. The Labute approximate surface area is 223 Å². The lowest BCUT2D eigenvalue weighted by molar-refractivity contribution is -0.140. The zero-order valence-corrected chi connectivity index (χ0v) is 21.6. The van der Waals surface area contributed by atoms with E-state index in [1.54, 1.807) is 7.11 Å². The topological polar surface area (TPSA) is 137 Å². The number of likely N-dealkylation sites (tertiary alicyclic amines) is 1. The van der Waals surface area contributed by atoms with Gasteiger partial charge in [-0.1, -0.05) is 60.7 Å². The van der Waals surface area contributed by atoms with Gasteiger partial charge < -0.3 is 35.1 Å². The quantitative estimate of drug-likeness (QED) is 0.229. The molecule has 0 spiro atoms. The van der Waals surface area contributed by atoms with Gasteiger partial charge in [-0.2, -0.15) is 0 Å². The average Bonchev–Trinajstić information content (AvgIpc) is 3.42. The number of nitrogens with one attached hydrogen (secondary N) is 2. The van der Waals surface area contributed by atoms with Gasteiger partial charge in [0.1, 0.15) is 18.7 Å². The maximum absolute atomic E-state index is 13.7. The number of rotatable bonds is 13. The van der Waals surface area contributed by atoms with Crippen molar-refractivity contribution in [2.45, 2.75) is 56.7 Å². The van der Waals surface area contributed by atoms with Crippen LogP contribution >= 0.6 is 0 Å². The number of methoxy groups -OCH3 is 1. The number of amides is 3.